The smallest absolute Gasteiger partial charge is 0.174 e. The highest BCUT2D eigenvalue weighted by Crippen LogP contribution is 2.42. The molecule has 0 radical (unpaired) electrons. The van der Waals surface area contributed by atoms with Crippen LogP contribution in [0.3, 0.4) is 0 Å². The van der Waals surface area contributed by atoms with E-state index in [1.54, 1.807) is 0 Å². The summed E-state index contributed by atoms with van der Waals surface area (Å²) in [5, 5.41) is 4.33. The molecule has 0 bridgehead atoms. The molecule has 2 aromatic heterocycles. The van der Waals surface area contributed by atoms with E-state index in [2.05, 4.69) is 82.4 Å². The number of rotatable bonds is 4. The summed E-state index contributed by atoms with van der Waals surface area (Å²) >= 11 is 5.86. The van der Waals surface area contributed by atoms with E-state index in [0.717, 1.165) is 16.5 Å². The van der Waals surface area contributed by atoms with Crippen molar-refractivity contribution in [1.82, 2.24) is 14.9 Å². The molecule has 0 amide bonds. The van der Waals surface area contributed by atoms with Crippen LogP contribution in [-0.4, -0.2) is 14.7 Å². The average molecular weight is 431 g/mol. The van der Waals surface area contributed by atoms with Crippen LogP contribution in [0.2, 0.25) is 0 Å². The van der Waals surface area contributed by atoms with Crippen LogP contribution in [0.1, 0.15) is 72.6 Å². The highest BCUT2D eigenvalue weighted by Gasteiger charge is 2.41. The third-order valence-electron chi connectivity index (χ3n) is 6.94. The minimum absolute atomic E-state index is 0.0116. The number of benzene rings is 1. The molecule has 4 nitrogen and oxygen atoms in total. The Hall–Kier alpha value is -2.66. The fraction of sp³-hybridized carbons (Fsp3) is 0.385. The van der Waals surface area contributed by atoms with Crippen LogP contribution < -0.4 is 10.2 Å². The van der Waals surface area contributed by atoms with E-state index < -0.39 is 0 Å². The van der Waals surface area contributed by atoms with E-state index in [1.165, 1.54) is 48.8 Å². The molecule has 5 rings (SSSR count). The molecule has 0 unspecified atom stereocenters. The van der Waals surface area contributed by atoms with Crippen molar-refractivity contribution in [3.05, 3.63) is 83.4 Å². The second kappa shape index (κ2) is 8.46. The lowest BCUT2D eigenvalue weighted by Crippen LogP contribution is -2.29. The Morgan fingerprint density at radius 3 is 2.58 bits per heavy atom. The zero-order valence-electron chi connectivity index (χ0n) is 18.3. The molecular weight excluding hydrogens is 400 g/mol. The predicted molar refractivity (Wildman–Crippen MR) is 130 cm³/mol. The molecule has 2 fully saturated rings. The van der Waals surface area contributed by atoms with Crippen molar-refractivity contribution in [1.29, 1.82) is 0 Å². The third kappa shape index (κ3) is 3.87. The number of pyridine rings is 1. The van der Waals surface area contributed by atoms with Gasteiger partial charge in [-0.15, -0.1) is 0 Å². The van der Waals surface area contributed by atoms with Gasteiger partial charge in [0.15, 0.2) is 5.11 Å². The topological polar surface area (TPSA) is 33.1 Å². The molecule has 1 aromatic carbocycles. The molecule has 5 heteroatoms. The first-order valence-corrected chi connectivity index (χ1v) is 11.8. The van der Waals surface area contributed by atoms with Gasteiger partial charge in [-0.3, -0.25) is 4.98 Å². The molecule has 160 valence electrons. The maximum absolute atomic E-state index is 5.86. The average Bonchev–Trinajstić information content (AvgIpc) is 3.41. The van der Waals surface area contributed by atoms with Gasteiger partial charge in [0.1, 0.15) is 0 Å². The van der Waals surface area contributed by atoms with Crippen LogP contribution in [0.25, 0.3) is 0 Å². The van der Waals surface area contributed by atoms with Gasteiger partial charge in [-0.2, -0.15) is 0 Å². The first-order chi connectivity index (χ1) is 15.1. The molecule has 2 atom stereocenters. The Kier molecular flexibility index (Phi) is 5.53. The summed E-state index contributed by atoms with van der Waals surface area (Å²) in [4.78, 5) is 6.95. The summed E-state index contributed by atoms with van der Waals surface area (Å²) in [7, 11) is 0. The quantitative estimate of drug-likeness (QED) is 0.501. The minimum Gasteiger partial charge on any atom is -0.351 e. The van der Waals surface area contributed by atoms with Crippen molar-refractivity contribution >= 4 is 23.0 Å². The van der Waals surface area contributed by atoms with Crippen molar-refractivity contribution in [2.45, 2.75) is 64.1 Å². The zero-order valence-corrected chi connectivity index (χ0v) is 19.1. The van der Waals surface area contributed by atoms with E-state index in [4.69, 9.17) is 12.2 Å². The van der Waals surface area contributed by atoms with Crippen LogP contribution in [0.15, 0.2) is 61.1 Å². The number of hydrogen-bond donors (Lipinski definition) is 1. The Bertz CT molecular complexity index is 1070. The number of nitrogens with one attached hydrogen (secondary N) is 1. The zero-order chi connectivity index (χ0) is 21.4. The first-order valence-electron chi connectivity index (χ1n) is 11.4. The Labute approximate surface area is 190 Å². The van der Waals surface area contributed by atoms with Gasteiger partial charge in [0.05, 0.1) is 17.8 Å². The molecule has 0 spiro atoms. The van der Waals surface area contributed by atoms with Gasteiger partial charge in [0.2, 0.25) is 0 Å². The van der Waals surface area contributed by atoms with E-state index >= 15 is 0 Å². The van der Waals surface area contributed by atoms with Crippen LogP contribution >= 0.6 is 12.2 Å². The van der Waals surface area contributed by atoms with Gasteiger partial charge in [-0.25, -0.2) is 0 Å². The van der Waals surface area contributed by atoms with Gasteiger partial charge in [-0.05, 0) is 85.9 Å². The van der Waals surface area contributed by atoms with Crippen molar-refractivity contribution in [3.63, 3.8) is 0 Å². The molecule has 31 heavy (non-hydrogen) atoms. The Balaban J connectivity index is 1.56. The Morgan fingerprint density at radius 1 is 1.00 bits per heavy atom. The van der Waals surface area contributed by atoms with Gasteiger partial charge in [0, 0.05) is 30.3 Å². The van der Waals surface area contributed by atoms with Gasteiger partial charge in [0.25, 0.3) is 0 Å². The number of thiocarbonyl (C=S) groups is 1. The maximum Gasteiger partial charge on any atom is 0.174 e. The lowest BCUT2D eigenvalue weighted by molar-refractivity contribution is 0.353. The molecular formula is C26H30N4S. The number of aromatic nitrogens is 2. The second-order valence-corrected chi connectivity index (χ2v) is 9.34. The van der Waals surface area contributed by atoms with Crippen LogP contribution in [0, 0.1) is 13.8 Å². The summed E-state index contributed by atoms with van der Waals surface area (Å²) in [6.07, 6.45) is 13.1. The SMILES string of the molecule is Cc1ccc(N2C(=S)N[C@@H](c3ccccn3)[C@@H]2c2ccn(C3CCCCC3)c2)cc1C. The van der Waals surface area contributed by atoms with Crippen LogP contribution in [-0.2, 0) is 0 Å². The lowest BCUT2D eigenvalue weighted by Gasteiger charge is -2.28. The number of hydrogen-bond acceptors (Lipinski definition) is 2. The molecule has 2 aliphatic rings. The fourth-order valence-electron chi connectivity index (χ4n) is 5.06. The summed E-state index contributed by atoms with van der Waals surface area (Å²) < 4.78 is 2.43. The third-order valence-corrected chi connectivity index (χ3v) is 7.26. The van der Waals surface area contributed by atoms with E-state index in [9.17, 15) is 0 Å². The molecule has 1 aliphatic carbocycles. The largest absolute Gasteiger partial charge is 0.351 e. The normalized spacial score (nSPS) is 22.0. The number of aryl methyl sites for hydroxylation is 2. The van der Waals surface area contributed by atoms with Gasteiger partial charge in [-0.1, -0.05) is 31.4 Å². The molecule has 1 N–H and O–H groups in total. The molecule has 3 aromatic rings. The summed E-state index contributed by atoms with van der Waals surface area (Å²) in [5.74, 6) is 0. The van der Waals surface area contributed by atoms with Crippen molar-refractivity contribution < 1.29 is 0 Å². The first kappa shape index (κ1) is 20.3. The van der Waals surface area contributed by atoms with Crippen LogP contribution in [0.4, 0.5) is 5.69 Å². The van der Waals surface area contributed by atoms with Gasteiger partial charge < -0.3 is 14.8 Å². The minimum atomic E-state index is 0.0116. The second-order valence-electron chi connectivity index (χ2n) is 8.95. The van der Waals surface area contributed by atoms with E-state index in [1.807, 2.05) is 12.3 Å². The standard InChI is InChI=1S/C26H30N4S/c1-18-11-12-22(16-19(18)2)30-25(24(28-26(30)31)23-10-6-7-14-27-23)20-13-15-29(17-20)21-8-4-3-5-9-21/h6-7,10-17,21,24-25H,3-5,8-9H2,1-2H3,(H,28,31)/t24-,25-/m0/s1. The highest BCUT2D eigenvalue weighted by atomic mass is 32.1. The summed E-state index contributed by atoms with van der Waals surface area (Å²) in [5.41, 5.74) is 6.01. The molecule has 1 saturated heterocycles. The van der Waals surface area contributed by atoms with E-state index in [0.29, 0.717) is 6.04 Å². The lowest BCUT2D eigenvalue weighted by atomic mass is 9.95. The molecule has 1 aliphatic heterocycles. The summed E-state index contributed by atoms with van der Waals surface area (Å²) in [6.45, 7) is 4.31. The number of nitrogens with zero attached hydrogens (tertiary/aromatic N) is 3. The Morgan fingerprint density at radius 2 is 1.84 bits per heavy atom. The molecule has 1 saturated carbocycles. The number of anilines is 1. The van der Waals surface area contributed by atoms with Crippen molar-refractivity contribution in [2.24, 2.45) is 0 Å². The summed E-state index contributed by atoms with van der Waals surface area (Å²) in [6, 6.07) is 15.7. The monoisotopic (exact) mass is 430 g/mol. The molecule has 3 heterocycles. The van der Waals surface area contributed by atoms with Crippen LogP contribution in [0.5, 0.6) is 0 Å². The van der Waals surface area contributed by atoms with Crippen molar-refractivity contribution in [3.8, 4) is 0 Å². The van der Waals surface area contributed by atoms with Gasteiger partial charge >= 0.3 is 0 Å². The fourth-order valence-corrected chi connectivity index (χ4v) is 5.40. The maximum atomic E-state index is 5.86. The van der Waals surface area contributed by atoms with Crippen molar-refractivity contribution in [2.75, 3.05) is 4.90 Å². The predicted octanol–water partition coefficient (Wildman–Crippen LogP) is 6.18. The van der Waals surface area contributed by atoms with E-state index in [-0.39, 0.29) is 12.1 Å². The highest BCUT2D eigenvalue weighted by molar-refractivity contribution is 7.80.